The van der Waals surface area contributed by atoms with Crippen LogP contribution in [0.2, 0.25) is 0 Å². The fourth-order valence-electron chi connectivity index (χ4n) is 2.18. The molecular formula is C19H19NO5S. The molecule has 2 aromatic rings. The highest BCUT2D eigenvalue weighted by Gasteiger charge is 2.23. The number of alkyl carbamates (subject to hydrolysis) is 1. The first-order chi connectivity index (χ1) is 12.5. The van der Waals surface area contributed by atoms with E-state index in [0.717, 1.165) is 11.1 Å². The Balaban J connectivity index is 1.96. The molecular weight excluding hydrogens is 354 g/mol. The lowest BCUT2D eigenvalue weighted by atomic mass is 10.1. The van der Waals surface area contributed by atoms with Crippen molar-refractivity contribution in [2.45, 2.75) is 19.1 Å². The number of amides is 1. The summed E-state index contributed by atoms with van der Waals surface area (Å²) in [6.07, 6.45) is -0.466. The van der Waals surface area contributed by atoms with Gasteiger partial charge < -0.3 is 15.2 Å². The van der Waals surface area contributed by atoms with Crippen molar-refractivity contribution in [1.29, 1.82) is 0 Å². The molecule has 0 fully saturated rings. The highest BCUT2D eigenvalue weighted by molar-refractivity contribution is 8.14. The molecule has 136 valence electrons. The molecule has 2 aromatic carbocycles. The SMILES string of the molecule is O=C(O)CSC(=O)[C@H](Cc1ccccc1)NC(=O)OCc1ccccc1. The van der Waals surface area contributed by atoms with Crippen molar-refractivity contribution in [3.8, 4) is 0 Å². The number of carbonyl (C=O) groups excluding carboxylic acids is 2. The lowest BCUT2D eigenvalue weighted by molar-refractivity contribution is -0.134. The summed E-state index contributed by atoms with van der Waals surface area (Å²) in [5, 5.41) is 10.9. The van der Waals surface area contributed by atoms with Crippen LogP contribution in [-0.2, 0) is 27.4 Å². The van der Waals surface area contributed by atoms with Crippen LogP contribution >= 0.6 is 11.8 Å². The molecule has 1 amide bonds. The second-order valence-electron chi connectivity index (χ2n) is 5.45. The van der Waals surface area contributed by atoms with Gasteiger partial charge in [0.25, 0.3) is 0 Å². The zero-order chi connectivity index (χ0) is 18.8. The van der Waals surface area contributed by atoms with E-state index in [-0.39, 0.29) is 18.8 Å². The van der Waals surface area contributed by atoms with Gasteiger partial charge in [0.05, 0.1) is 5.75 Å². The Bertz CT molecular complexity index is 736. The molecule has 0 saturated carbocycles. The summed E-state index contributed by atoms with van der Waals surface area (Å²) in [6, 6.07) is 17.5. The Kier molecular flexibility index (Phi) is 7.70. The summed E-state index contributed by atoms with van der Waals surface area (Å²) in [4.78, 5) is 35.0. The summed E-state index contributed by atoms with van der Waals surface area (Å²) in [5.74, 6) is -1.45. The van der Waals surface area contributed by atoms with Crippen molar-refractivity contribution < 1.29 is 24.2 Å². The minimum atomic E-state index is -1.09. The number of aliphatic carboxylic acids is 1. The van der Waals surface area contributed by atoms with E-state index in [9.17, 15) is 14.4 Å². The van der Waals surface area contributed by atoms with Gasteiger partial charge in [0.2, 0.25) is 5.12 Å². The average molecular weight is 373 g/mol. The van der Waals surface area contributed by atoms with Gasteiger partial charge in [-0.15, -0.1) is 0 Å². The molecule has 0 aliphatic heterocycles. The second-order valence-corrected chi connectivity index (χ2v) is 6.43. The smallest absolute Gasteiger partial charge is 0.408 e. The standard InChI is InChI=1S/C19H19NO5S/c21-17(22)13-26-18(23)16(11-14-7-3-1-4-8-14)20-19(24)25-12-15-9-5-2-6-10-15/h1-10,16H,11-13H2,(H,20,24)(H,21,22)/t16-/m0/s1. The number of hydrogen-bond acceptors (Lipinski definition) is 5. The van der Waals surface area contributed by atoms with E-state index >= 15 is 0 Å². The van der Waals surface area contributed by atoms with E-state index in [0.29, 0.717) is 11.8 Å². The van der Waals surface area contributed by atoms with Crippen LogP contribution in [0.25, 0.3) is 0 Å². The van der Waals surface area contributed by atoms with Crippen LogP contribution < -0.4 is 5.32 Å². The average Bonchev–Trinajstić information content (AvgIpc) is 2.65. The van der Waals surface area contributed by atoms with Crippen molar-refractivity contribution in [3.63, 3.8) is 0 Å². The summed E-state index contributed by atoms with van der Waals surface area (Å²) < 4.78 is 5.14. The maximum Gasteiger partial charge on any atom is 0.408 e. The lowest BCUT2D eigenvalue weighted by Gasteiger charge is -2.17. The molecule has 0 radical (unpaired) electrons. The number of carboxylic acids is 1. The molecule has 0 aliphatic carbocycles. The predicted molar refractivity (Wildman–Crippen MR) is 98.8 cm³/mol. The van der Waals surface area contributed by atoms with Gasteiger partial charge in [-0.05, 0) is 11.1 Å². The zero-order valence-corrected chi connectivity index (χ0v) is 14.8. The largest absolute Gasteiger partial charge is 0.481 e. The maximum absolute atomic E-state index is 12.3. The van der Waals surface area contributed by atoms with Crippen LogP contribution in [0, 0.1) is 0 Å². The molecule has 26 heavy (non-hydrogen) atoms. The Morgan fingerprint density at radius 1 is 0.962 bits per heavy atom. The number of hydrogen-bond donors (Lipinski definition) is 2. The number of carbonyl (C=O) groups is 3. The lowest BCUT2D eigenvalue weighted by Crippen LogP contribution is -2.41. The number of nitrogens with one attached hydrogen (secondary N) is 1. The van der Waals surface area contributed by atoms with E-state index in [1.165, 1.54) is 0 Å². The summed E-state index contributed by atoms with van der Waals surface area (Å²) in [6.45, 7) is 0.0845. The van der Waals surface area contributed by atoms with Gasteiger partial charge in [-0.1, -0.05) is 72.4 Å². The van der Waals surface area contributed by atoms with Gasteiger partial charge in [0, 0.05) is 6.42 Å². The first-order valence-corrected chi connectivity index (χ1v) is 8.92. The van der Waals surface area contributed by atoms with Crippen LogP contribution in [0.1, 0.15) is 11.1 Å². The minimum Gasteiger partial charge on any atom is -0.481 e. The summed E-state index contributed by atoms with van der Waals surface area (Å²) >= 11 is 0.660. The van der Waals surface area contributed by atoms with Crippen molar-refractivity contribution in [3.05, 3.63) is 71.8 Å². The van der Waals surface area contributed by atoms with Gasteiger partial charge >= 0.3 is 12.1 Å². The summed E-state index contributed by atoms with van der Waals surface area (Å²) in [5.41, 5.74) is 1.68. The first-order valence-electron chi connectivity index (χ1n) is 7.94. The molecule has 2 N–H and O–H groups in total. The monoisotopic (exact) mass is 373 g/mol. The second kappa shape index (κ2) is 10.2. The summed E-state index contributed by atoms with van der Waals surface area (Å²) in [7, 11) is 0. The molecule has 7 heteroatoms. The maximum atomic E-state index is 12.3. The fourth-order valence-corrected chi connectivity index (χ4v) is 2.79. The Morgan fingerprint density at radius 3 is 2.12 bits per heavy atom. The van der Waals surface area contributed by atoms with Gasteiger partial charge in [-0.2, -0.15) is 0 Å². The van der Waals surface area contributed by atoms with Crippen LogP contribution in [0.4, 0.5) is 4.79 Å². The van der Waals surface area contributed by atoms with Crippen molar-refractivity contribution in [1.82, 2.24) is 5.32 Å². The third-order valence-electron chi connectivity index (χ3n) is 3.41. The molecule has 1 atom stereocenters. The molecule has 2 rings (SSSR count). The third-order valence-corrected chi connectivity index (χ3v) is 4.37. The molecule has 0 heterocycles. The third kappa shape index (κ3) is 6.98. The molecule has 0 bridgehead atoms. The number of carboxylic acid groups (broad SMARTS) is 1. The molecule has 0 unspecified atom stereocenters. The number of rotatable bonds is 8. The van der Waals surface area contributed by atoms with E-state index in [4.69, 9.17) is 9.84 Å². The highest BCUT2D eigenvalue weighted by Crippen LogP contribution is 2.12. The number of benzene rings is 2. The normalized spacial score (nSPS) is 11.4. The van der Waals surface area contributed by atoms with E-state index in [2.05, 4.69) is 5.32 Å². The Morgan fingerprint density at radius 2 is 1.54 bits per heavy atom. The van der Waals surface area contributed by atoms with Gasteiger partial charge in [-0.25, -0.2) is 4.79 Å². The molecule has 0 aromatic heterocycles. The van der Waals surface area contributed by atoms with Gasteiger partial charge in [0.1, 0.15) is 12.6 Å². The number of thioether (sulfide) groups is 1. The number of ether oxygens (including phenoxy) is 1. The van der Waals surface area contributed by atoms with Crippen LogP contribution in [0.5, 0.6) is 0 Å². The molecule has 6 nitrogen and oxygen atoms in total. The van der Waals surface area contributed by atoms with Gasteiger partial charge in [0.15, 0.2) is 0 Å². The molecule has 0 aliphatic rings. The van der Waals surface area contributed by atoms with Crippen LogP contribution in [-0.4, -0.2) is 34.1 Å². The molecule has 0 saturated heterocycles. The Hall–Kier alpha value is -2.80. The predicted octanol–water partition coefficient (Wildman–Crippen LogP) is 2.87. The first kappa shape index (κ1) is 19.5. The van der Waals surface area contributed by atoms with E-state index in [1.54, 1.807) is 0 Å². The van der Waals surface area contributed by atoms with Crippen LogP contribution in [0.3, 0.4) is 0 Å². The van der Waals surface area contributed by atoms with Crippen LogP contribution in [0.15, 0.2) is 60.7 Å². The van der Waals surface area contributed by atoms with E-state index in [1.807, 2.05) is 60.7 Å². The zero-order valence-electron chi connectivity index (χ0n) is 14.0. The quantitative estimate of drug-likeness (QED) is 0.739. The van der Waals surface area contributed by atoms with Crippen molar-refractivity contribution >= 4 is 28.9 Å². The van der Waals surface area contributed by atoms with Crippen molar-refractivity contribution in [2.75, 3.05) is 5.75 Å². The molecule has 0 spiro atoms. The highest BCUT2D eigenvalue weighted by atomic mass is 32.2. The topological polar surface area (TPSA) is 92.7 Å². The van der Waals surface area contributed by atoms with E-state index < -0.39 is 23.2 Å². The van der Waals surface area contributed by atoms with Gasteiger partial charge in [-0.3, -0.25) is 9.59 Å². The minimum absolute atomic E-state index is 0.0845. The van der Waals surface area contributed by atoms with Crippen molar-refractivity contribution in [2.24, 2.45) is 0 Å². The fraction of sp³-hybridized carbons (Fsp3) is 0.211. The Labute approximate surface area is 155 Å².